The number of hydrogen-bond donors (Lipinski definition) is 2. The van der Waals surface area contributed by atoms with Crippen molar-refractivity contribution in [2.45, 2.75) is 6.92 Å². The zero-order valence-electron chi connectivity index (χ0n) is 13.4. The van der Waals surface area contributed by atoms with E-state index in [4.69, 9.17) is 0 Å². The number of amides is 3. The van der Waals surface area contributed by atoms with Crippen LogP contribution >= 0.6 is 15.9 Å². The van der Waals surface area contributed by atoms with Crippen molar-refractivity contribution in [3.63, 3.8) is 0 Å². The van der Waals surface area contributed by atoms with Crippen LogP contribution in [0.4, 0.5) is 10.5 Å². The predicted octanol–water partition coefficient (Wildman–Crippen LogP) is 3.91. The van der Waals surface area contributed by atoms with Gasteiger partial charge in [0.1, 0.15) is 0 Å². The summed E-state index contributed by atoms with van der Waals surface area (Å²) in [7, 11) is 0. The predicted molar refractivity (Wildman–Crippen MR) is 98.9 cm³/mol. The lowest BCUT2D eigenvalue weighted by molar-refractivity contribution is 0.0966. The Hall–Kier alpha value is -2.93. The smallest absolute Gasteiger partial charge is 0.308 e. The van der Waals surface area contributed by atoms with E-state index in [1.807, 2.05) is 30.3 Å². The molecular weight excluding hydrogens is 384 g/mol. The van der Waals surface area contributed by atoms with E-state index >= 15 is 0 Å². The third-order valence-electron chi connectivity index (χ3n) is 3.58. The van der Waals surface area contributed by atoms with Gasteiger partial charge in [-0.25, -0.2) is 9.48 Å². The van der Waals surface area contributed by atoms with E-state index in [2.05, 4.69) is 31.7 Å². The molecule has 1 aromatic heterocycles. The van der Waals surface area contributed by atoms with Gasteiger partial charge < -0.3 is 5.32 Å². The maximum absolute atomic E-state index is 12.3. The summed E-state index contributed by atoms with van der Waals surface area (Å²) in [6, 6.07) is 15.9. The minimum absolute atomic E-state index is 0.342. The van der Waals surface area contributed by atoms with Crippen LogP contribution in [0.3, 0.4) is 0 Å². The highest BCUT2D eigenvalue weighted by Gasteiger charge is 2.17. The fraction of sp³-hybridized carbons (Fsp3) is 0.0556. The topological polar surface area (TPSA) is 76.0 Å². The molecule has 0 saturated carbocycles. The standard InChI is InChI=1S/C18H15BrN4O2/c1-12-16(11-20-23(12)15-5-3-2-4-6-15)17(24)22-18(25)21-14-9-7-13(19)8-10-14/h2-11H,1H3,(H2,21,22,24,25). The molecule has 1 heterocycles. The monoisotopic (exact) mass is 398 g/mol. The number of nitrogens with one attached hydrogen (secondary N) is 2. The van der Waals surface area contributed by atoms with E-state index in [1.165, 1.54) is 6.20 Å². The summed E-state index contributed by atoms with van der Waals surface area (Å²) in [6.07, 6.45) is 1.45. The lowest BCUT2D eigenvalue weighted by atomic mass is 10.2. The first-order chi connectivity index (χ1) is 12.0. The molecule has 0 atom stereocenters. The molecule has 25 heavy (non-hydrogen) atoms. The Bertz CT molecular complexity index is 905. The zero-order chi connectivity index (χ0) is 17.8. The second-order valence-electron chi connectivity index (χ2n) is 5.31. The van der Waals surface area contributed by atoms with Gasteiger partial charge in [-0.1, -0.05) is 34.1 Å². The van der Waals surface area contributed by atoms with Gasteiger partial charge in [0.25, 0.3) is 5.91 Å². The number of para-hydroxylation sites is 1. The molecule has 0 saturated heterocycles. The van der Waals surface area contributed by atoms with E-state index in [0.29, 0.717) is 16.9 Å². The number of carbonyl (C=O) groups excluding carboxylic acids is 2. The summed E-state index contributed by atoms with van der Waals surface area (Å²) in [5, 5.41) is 9.15. The third-order valence-corrected chi connectivity index (χ3v) is 4.11. The van der Waals surface area contributed by atoms with Crippen LogP contribution in [0.1, 0.15) is 16.1 Å². The second kappa shape index (κ2) is 7.31. The summed E-state index contributed by atoms with van der Waals surface area (Å²) in [4.78, 5) is 24.3. The minimum atomic E-state index is -0.598. The number of rotatable bonds is 3. The van der Waals surface area contributed by atoms with Crippen LogP contribution in [-0.2, 0) is 0 Å². The highest BCUT2D eigenvalue weighted by molar-refractivity contribution is 9.10. The zero-order valence-corrected chi connectivity index (χ0v) is 14.9. The average molecular weight is 399 g/mol. The van der Waals surface area contributed by atoms with Gasteiger partial charge in [0.05, 0.1) is 23.1 Å². The molecule has 0 aliphatic carbocycles. The van der Waals surface area contributed by atoms with Gasteiger partial charge >= 0.3 is 6.03 Å². The molecule has 0 spiro atoms. The molecule has 6 nitrogen and oxygen atoms in total. The lowest BCUT2D eigenvalue weighted by Crippen LogP contribution is -2.34. The number of imide groups is 1. The van der Waals surface area contributed by atoms with E-state index in [0.717, 1.165) is 10.2 Å². The van der Waals surface area contributed by atoms with E-state index in [9.17, 15) is 9.59 Å². The van der Waals surface area contributed by atoms with Crippen molar-refractivity contribution in [3.8, 4) is 5.69 Å². The molecule has 2 N–H and O–H groups in total. The molecule has 0 bridgehead atoms. The number of benzene rings is 2. The Morgan fingerprint density at radius 2 is 1.72 bits per heavy atom. The van der Waals surface area contributed by atoms with Crippen molar-refractivity contribution in [1.29, 1.82) is 0 Å². The van der Waals surface area contributed by atoms with Crippen molar-refractivity contribution in [2.24, 2.45) is 0 Å². The summed E-state index contributed by atoms with van der Waals surface area (Å²) >= 11 is 3.32. The molecule has 7 heteroatoms. The average Bonchev–Trinajstić information content (AvgIpc) is 2.99. The molecule has 0 radical (unpaired) electrons. The van der Waals surface area contributed by atoms with Crippen LogP contribution < -0.4 is 10.6 Å². The van der Waals surface area contributed by atoms with Gasteiger partial charge in [-0.15, -0.1) is 0 Å². The van der Waals surface area contributed by atoms with Crippen LogP contribution in [0.25, 0.3) is 5.69 Å². The number of nitrogens with zero attached hydrogens (tertiary/aromatic N) is 2. The Balaban J connectivity index is 1.70. The number of aromatic nitrogens is 2. The number of anilines is 1. The van der Waals surface area contributed by atoms with Crippen molar-refractivity contribution >= 4 is 33.6 Å². The molecule has 126 valence electrons. The van der Waals surface area contributed by atoms with Gasteiger partial charge in [0, 0.05) is 10.2 Å². The molecular formula is C18H15BrN4O2. The molecule has 0 aliphatic rings. The molecule has 3 amide bonds. The van der Waals surface area contributed by atoms with Crippen LogP contribution in [0, 0.1) is 6.92 Å². The van der Waals surface area contributed by atoms with E-state index < -0.39 is 11.9 Å². The number of urea groups is 1. The first kappa shape index (κ1) is 16.9. The van der Waals surface area contributed by atoms with Crippen molar-refractivity contribution in [2.75, 3.05) is 5.32 Å². The van der Waals surface area contributed by atoms with Crippen molar-refractivity contribution in [1.82, 2.24) is 15.1 Å². The second-order valence-corrected chi connectivity index (χ2v) is 6.22. The number of halogens is 1. The summed E-state index contributed by atoms with van der Waals surface area (Å²) in [5.74, 6) is -0.505. The van der Waals surface area contributed by atoms with Gasteiger partial charge in [0.15, 0.2) is 0 Å². The fourth-order valence-corrected chi connectivity index (χ4v) is 2.59. The van der Waals surface area contributed by atoms with Gasteiger partial charge in [0.2, 0.25) is 0 Å². The molecule has 0 unspecified atom stereocenters. The van der Waals surface area contributed by atoms with E-state index in [1.54, 1.807) is 35.9 Å². The molecule has 0 fully saturated rings. The highest BCUT2D eigenvalue weighted by Crippen LogP contribution is 2.15. The summed E-state index contributed by atoms with van der Waals surface area (Å²) in [5.41, 5.74) is 2.43. The largest absolute Gasteiger partial charge is 0.326 e. The Labute approximate surface area is 153 Å². The maximum atomic E-state index is 12.3. The van der Waals surface area contributed by atoms with Crippen LogP contribution in [0.15, 0.2) is 65.3 Å². The summed E-state index contributed by atoms with van der Waals surface area (Å²) < 4.78 is 2.56. The fourth-order valence-electron chi connectivity index (χ4n) is 2.33. The highest BCUT2D eigenvalue weighted by atomic mass is 79.9. The third kappa shape index (κ3) is 3.95. The van der Waals surface area contributed by atoms with Crippen molar-refractivity contribution in [3.05, 3.63) is 76.5 Å². The molecule has 3 aromatic rings. The van der Waals surface area contributed by atoms with Gasteiger partial charge in [-0.05, 0) is 43.3 Å². The molecule has 2 aromatic carbocycles. The summed E-state index contributed by atoms with van der Waals surface area (Å²) in [6.45, 7) is 1.78. The maximum Gasteiger partial charge on any atom is 0.326 e. The van der Waals surface area contributed by atoms with Crippen LogP contribution in [-0.4, -0.2) is 21.7 Å². The number of carbonyl (C=O) groups is 2. The van der Waals surface area contributed by atoms with Gasteiger partial charge in [-0.3, -0.25) is 10.1 Å². The van der Waals surface area contributed by atoms with Crippen molar-refractivity contribution < 1.29 is 9.59 Å². The molecule has 0 aliphatic heterocycles. The Kier molecular flexibility index (Phi) is 4.95. The Morgan fingerprint density at radius 3 is 2.40 bits per heavy atom. The first-order valence-electron chi connectivity index (χ1n) is 7.52. The first-order valence-corrected chi connectivity index (χ1v) is 8.32. The normalized spacial score (nSPS) is 10.3. The number of hydrogen-bond acceptors (Lipinski definition) is 3. The SMILES string of the molecule is Cc1c(C(=O)NC(=O)Nc2ccc(Br)cc2)cnn1-c1ccccc1. The van der Waals surface area contributed by atoms with Crippen LogP contribution in [0.2, 0.25) is 0 Å². The van der Waals surface area contributed by atoms with E-state index in [-0.39, 0.29) is 0 Å². The lowest BCUT2D eigenvalue weighted by Gasteiger charge is -2.07. The molecule has 3 rings (SSSR count). The minimum Gasteiger partial charge on any atom is -0.308 e. The van der Waals surface area contributed by atoms with Gasteiger partial charge in [-0.2, -0.15) is 5.10 Å². The Morgan fingerprint density at radius 1 is 1.04 bits per heavy atom. The van der Waals surface area contributed by atoms with Crippen LogP contribution in [0.5, 0.6) is 0 Å². The quantitative estimate of drug-likeness (QED) is 0.702.